The largest absolute Gasteiger partial charge is 1.00 e. The fraction of sp³-hybridized carbons (Fsp3) is 0.222. The first-order valence-corrected chi connectivity index (χ1v) is 12.2. The zero-order valence-electron chi connectivity index (χ0n) is 20.9. The zero-order chi connectivity index (χ0) is 26.2. The summed E-state index contributed by atoms with van der Waals surface area (Å²) in [5.41, 5.74) is 2.98. The molecule has 38 heavy (non-hydrogen) atoms. The number of hydrogen-bond acceptors (Lipinski definition) is 6. The van der Waals surface area contributed by atoms with Gasteiger partial charge in [-0.25, -0.2) is 0 Å². The molecule has 0 aliphatic carbocycles. The number of carbonyl (C=O) groups is 3. The molecule has 2 amide bonds. The molecular formula is C27H26N5NaO4S. The normalized spacial score (nSPS) is 15.2. The summed E-state index contributed by atoms with van der Waals surface area (Å²) in [5, 5.41) is 20.7. The van der Waals surface area contributed by atoms with E-state index in [1.165, 1.54) is 6.20 Å². The first-order valence-electron chi connectivity index (χ1n) is 11.8. The Kier molecular flexibility index (Phi) is 10.8. The van der Waals surface area contributed by atoms with E-state index >= 15 is 0 Å². The van der Waals surface area contributed by atoms with E-state index in [0.717, 1.165) is 5.56 Å². The summed E-state index contributed by atoms with van der Waals surface area (Å²) in [6.45, 7) is 0.752. The van der Waals surface area contributed by atoms with Crippen LogP contribution >= 0.6 is 12.2 Å². The van der Waals surface area contributed by atoms with Crippen molar-refractivity contribution in [2.75, 3.05) is 16.8 Å². The number of nitrogens with zero attached hydrogens (tertiary/aromatic N) is 2. The Morgan fingerprint density at radius 3 is 2.61 bits per heavy atom. The first-order chi connectivity index (χ1) is 17.9. The van der Waals surface area contributed by atoms with E-state index in [4.69, 9.17) is 12.2 Å². The Balaban J connectivity index is 0.00000400. The summed E-state index contributed by atoms with van der Waals surface area (Å²) >= 11 is 5.39. The van der Waals surface area contributed by atoms with Gasteiger partial charge < -0.3 is 30.8 Å². The molecule has 1 aromatic heterocycles. The van der Waals surface area contributed by atoms with Crippen molar-refractivity contribution in [3.8, 4) is 0 Å². The number of pyridine rings is 1. The van der Waals surface area contributed by atoms with E-state index < -0.39 is 30.3 Å². The Bertz CT molecular complexity index is 1280. The van der Waals surface area contributed by atoms with Gasteiger partial charge in [0.25, 0.3) is 0 Å². The summed E-state index contributed by atoms with van der Waals surface area (Å²) in [6, 6.07) is 19.6. The number of hydrogen-bond donors (Lipinski definition) is 3. The SMILES string of the molecule is O=C([O-])CC(NC(=O)C1CC(=O)N(c2cccc(NC(=S)NCc3ccccc3)c2)C1)c1cccnc1.[Na+]. The zero-order valence-corrected chi connectivity index (χ0v) is 23.7. The van der Waals surface area contributed by atoms with Gasteiger partial charge in [-0.05, 0) is 47.6 Å². The molecule has 2 atom stereocenters. The van der Waals surface area contributed by atoms with Gasteiger partial charge in [0.15, 0.2) is 5.11 Å². The van der Waals surface area contributed by atoms with Crippen molar-refractivity contribution in [1.82, 2.24) is 15.6 Å². The monoisotopic (exact) mass is 539 g/mol. The molecular weight excluding hydrogens is 513 g/mol. The standard InChI is InChI=1S/C27H27N5O4S.Na/c33-24-12-20(26(36)31-23(14-25(34)35)19-8-5-11-28-16-19)17-32(24)22-10-4-9-21(13-22)30-27(37)29-15-18-6-2-1-3-7-18;/h1-11,13,16,20,23H,12,14-15,17H2,(H,31,36)(H,34,35)(H2,29,30,37);/q;+1/p-1. The average molecular weight is 540 g/mol. The number of carboxylic acid groups (broad SMARTS) is 1. The third-order valence-electron chi connectivity index (χ3n) is 5.98. The van der Waals surface area contributed by atoms with Crippen molar-refractivity contribution in [1.29, 1.82) is 0 Å². The van der Waals surface area contributed by atoms with Gasteiger partial charge in [-0.2, -0.15) is 0 Å². The van der Waals surface area contributed by atoms with Gasteiger partial charge in [0, 0.05) is 55.7 Å². The van der Waals surface area contributed by atoms with Crippen LogP contribution in [0.2, 0.25) is 0 Å². The second-order valence-corrected chi connectivity index (χ2v) is 9.08. The number of anilines is 2. The topological polar surface area (TPSA) is 126 Å². The van der Waals surface area contributed by atoms with Crippen molar-refractivity contribution in [3.63, 3.8) is 0 Å². The Labute approximate surface area is 248 Å². The van der Waals surface area contributed by atoms with Crippen LogP contribution in [-0.4, -0.2) is 34.4 Å². The van der Waals surface area contributed by atoms with E-state index in [0.29, 0.717) is 28.6 Å². The molecule has 1 saturated heterocycles. The molecule has 0 radical (unpaired) electrons. The number of carbonyl (C=O) groups excluding carboxylic acids is 3. The minimum atomic E-state index is -1.29. The van der Waals surface area contributed by atoms with E-state index in [-0.39, 0.29) is 48.4 Å². The molecule has 2 unspecified atom stereocenters. The number of thiocarbonyl (C=S) groups is 1. The molecule has 0 bridgehead atoms. The summed E-state index contributed by atoms with van der Waals surface area (Å²) in [5.74, 6) is -2.51. The van der Waals surface area contributed by atoms with Crippen molar-refractivity contribution in [2.45, 2.75) is 25.4 Å². The van der Waals surface area contributed by atoms with E-state index in [1.54, 1.807) is 41.4 Å². The fourth-order valence-electron chi connectivity index (χ4n) is 4.13. The maximum atomic E-state index is 13.0. The fourth-order valence-corrected chi connectivity index (χ4v) is 4.32. The maximum Gasteiger partial charge on any atom is 1.00 e. The first kappa shape index (κ1) is 29.2. The van der Waals surface area contributed by atoms with Crippen LogP contribution in [0.15, 0.2) is 79.1 Å². The van der Waals surface area contributed by atoms with E-state index in [9.17, 15) is 19.5 Å². The van der Waals surface area contributed by atoms with Crippen LogP contribution in [0.5, 0.6) is 0 Å². The van der Waals surface area contributed by atoms with Crippen molar-refractivity contribution >= 4 is 46.5 Å². The predicted octanol–water partition coefficient (Wildman–Crippen LogP) is -1.08. The van der Waals surface area contributed by atoms with Crippen LogP contribution < -0.4 is 55.5 Å². The van der Waals surface area contributed by atoms with Crippen LogP contribution in [0.3, 0.4) is 0 Å². The molecule has 190 valence electrons. The van der Waals surface area contributed by atoms with Crippen molar-refractivity contribution in [2.24, 2.45) is 5.92 Å². The second-order valence-electron chi connectivity index (χ2n) is 8.67. The summed E-state index contributed by atoms with van der Waals surface area (Å²) in [7, 11) is 0. The number of aliphatic carboxylic acids is 1. The van der Waals surface area contributed by atoms with Gasteiger partial charge in [-0.3, -0.25) is 14.6 Å². The average Bonchev–Trinajstić information content (AvgIpc) is 3.30. The van der Waals surface area contributed by atoms with Gasteiger partial charge in [0.2, 0.25) is 11.8 Å². The Morgan fingerprint density at radius 1 is 1.11 bits per heavy atom. The van der Waals surface area contributed by atoms with Crippen LogP contribution in [0.1, 0.15) is 30.0 Å². The minimum absolute atomic E-state index is 0. The maximum absolute atomic E-state index is 13.0. The second kappa shape index (κ2) is 14.0. The number of amides is 2. The van der Waals surface area contributed by atoms with Crippen molar-refractivity contribution in [3.05, 3.63) is 90.3 Å². The number of nitrogens with one attached hydrogen (secondary N) is 3. The van der Waals surface area contributed by atoms with Crippen LogP contribution in [0.4, 0.5) is 11.4 Å². The minimum Gasteiger partial charge on any atom is -0.550 e. The molecule has 1 aliphatic rings. The van der Waals surface area contributed by atoms with E-state index in [1.807, 2.05) is 36.4 Å². The molecule has 1 fully saturated rings. The molecule has 9 nitrogen and oxygen atoms in total. The molecule has 3 N–H and O–H groups in total. The van der Waals surface area contributed by atoms with Crippen LogP contribution in [-0.2, 0) is 20.9 Å². The van der Waals surface area contributed by atoms with Crippen LogP contribution in [0, 0.1) is 5.92 Å². The third kappa shape index (κ3) is 8.09. The van der Waals surface area contributed by atoms with E-state index in [2.05, 4.69) is 20.9 Å². The van der Waals surface area contributed by atoms with Gasteiger partial charge >= 0.3 is 29.6 Å². The predicted molar refractivity (Wildman–Crippen MR) is 141 cm³/mol. The Hall–Kier alpha value is -3.31. The number of carboxylic acids is 1. The smallest absolute Gasteiger partial charge is 0.550 e. The summed E-state index contributed by atoms with van der Waals surface area (Å²) < 4.78 is 0. The number of rotatable bonds is 9. The molecule has 11 heteroatoms. The van der Waals surface area contributed by atoms with Crippen LogP contribution in [0.25, 0.3) is 0 Å². The quantitative estimate of drug-likeness (QED) is 0.232. The molecule has 2 aromatic carbocycles. The number of benzene rings is 2. The summed E-state index contributed by atoms with van der Waals surface area (Å²) in [6.07, 6.45) is 2.68. The Morgan fingerprint density at radius 2 is 1.89 bits per heavy atom. The third-order valence-corrected chi connectivity index (χ3v) is 6.23. The van der Waals surface area contributed by atoms with Gasteiger partial charge in [-0.1, -0.05) is 42.5 Å². The van der Waals surface area contributed by atoms with Gasteiger partial charge in [0.05, 0.1) is 12.0 Å². The molecule has 1 aliphatic heterocycles. The molecule has 2 heterocycles. The van der Waals surface area contributed by atoms with Crippen molar-refractivity contribution < 1.29 is 49.0 Å². The van der Waals surface area contributed by atoms with Gasteiger partial charge in [0.1, 0.15) is 0 Å². The molecule has 4 rings (SSSR count). The molecule has 0 spiro atoms. The van der Waals surface area contributed by atoms with Gasteiger partial charge in [-0.15, -0.1) is 0 Å². The summed E-state index contributed by atoms with van der Waals surface area (Å²) in [4.78, 5) is 42.5. The number of aromatic nitrogens is 1. The molecule has 3 aromatic rings. The molecule has 0 saturated carbocycles.